The number of aliphatic hydroxyl groups excluding tert-OH is 2. The molecule has 3 aromatic carbocycles. The van der Waals surface area contributed by atoms with Crippen LogP contribution >= 0.6 is 0 Å². The van der Waals surface area contributed by atoms with E-state index in [1.807, 2.05) is 47.4 Å². The third-order valence-electron chi connectivity index (χ3n) is 13.9. The Morgan fingerprint density at radius 2 is 1.58 bits per heavy atom. The van der Waals surface area contributed by atoms with Crippen molar-refractivity contribution in [3.8, 4) is 11.5 Å². The third kappa shape index (κ3) is 13.1. The van der Waals surface area contributed by atoms with Gasteiger partial charge in [0.15, 0.2) is 0 Å². The van der Waals surface area contributed by atoms with Crippen molar-refractivity contribution < 1.29 is 38.4 Å². The van der Waals surface area contributed by atoms with Crippen molar-refractivity contribution in [1.82, 2.24) is 4.90 Å². The third-order valence-corrected chi connectivity index (χ3v) is 13.9. The summed E-state index contributed by atoms with van der Waals surface area (Å²) >= 11 is 0. The molecule has 1 amide bonds. The van der Waals surface area contributed by atoms with E-state index in [0.717, 1.165) is 73.8 Å². The van der Waals surface area contributed by atoms with Crippen LogP contribution in [-0.2, 0) is 27.6 Å². The molecule has 2 N–H and O–H groups in total. The number of hydrogen-bond acceptors (Lipinski definition) is 8. The maximum absolute atomic E-state index is 14.8. The Morgan fingerprint density at radius 1 is 0.864 bits per heavy atom. The number of benzene rings is 3. The number of aliphatic hydroxyl groups is 2. The molecule has 1 aliphatic heterocycles. The topological polar surface area (TPSA) is 110 Å². The monoisotopic (exact) mass is 909 g/mol. The summed E-state index contributed by atoms with van der Waals surface area (Å²) in [6.07, 6.45) is 20.9. The first kappa shape index (κ1) is 50.9. The van der Waals surface area contributed by atoms with Gasteiger partial charge in [0.05, 0.1) is 18.2 Å². The smallest absolute Gasteiger partial charge is 0.239 e. The molecule has 3 aliphatic rings. The predicted molar refractivity (Wildman–Crippen MR) is 261 cm³/mol. The molecule has 360 valence electrons. The van der Waals surface area contributed by atoms with Gasteiger partial charge in [-0.05, 0) is 85.8 Å². The molecule has 0 aromatic heterocycles. The number of unbranched alkanes of at least 4 members (excludes halogenated alkanes) is 10. The van der Waals surface area contributed by atoms with Gasteiger partial charge >= 0.3 is 0 Å². The van der Waals surface area contributed by atoms with E-state index in [-0.39, 0.29) is 62.5 Å². The summed E-state index contributed by atoms with van der Waals surface area (Å²) < 4.78 is 35.8. The van der Waals surface area contributed by atoms with Crippen LogP contribution in [0.1, 0.15) is 152 Å². The molecule has 66 heavy (non-hydrogen) atoms. The van der Waals surface area contributed by atoms with Gasteiger partial charge in [0.1, 0.15) is 36.6 Å². The van der Waals surface area contributed by atoms with E-state index in [1.54, 1.807) is 24.3 Å². The highest BCUT2D eigenvalue weighted by Crippen LogP contribution is 2.62. The molecule has 1 heterocycles. The van der Waals surface area contributed by atoms with Gasteiger partial charge in [0.2, 0.25) is 11.7 Å². The fraction of sp³-hybridized carbons (Fsp3) is 0.571. The summed E-state index contributed by atoms with van der Waals surface area (Å²) in [6.45, 7) is 9.73. The molecule has 0 saturated heterocycles. The van der Waals surface area contributed by atoms with Gasteiger partial charge in [-0.1, -0.05) is 144 Å². The average molecular weight is 909 g/mol. The number of carbonyl (C=O) groups is 1. The Hall–Kier alpha value is -4.51. The standard InChI is InChI=1S/C56H77FN2O7/c1-4-7-8-9-10-11-12-13-17-30-53(62)59(33-5-2)52-39-50(58-65-40-42-24-15-14-16-25-42)47-37-43(26-20-22-34-60)46(28-21-23-35-61)54-48-38-45(63-41-44-27-18-19-29-49(44)57)31-32-51(48)66-56(52,55(47)54)64-36-6-3/h6,14-16,18-19,24-25,27,29,31-32,37-38,43,46,52,54-55,60-61H,3-5,7-13,17,20-23,26,28,30,33-36,39-41H2,1-2H3. The zero-order valence-corrected chi connectivity index (χ0v) is 39.9. The number of fused-ring (bicyclic) bond motifs is 2. The molecule has 10 heteroatoms. The van der Waals surface area contributed by atoms with Crippen LogP contribution in [0.15, 0.2) is 102 Å². The number of ether oxygens (including phenoxy) is 3. The number of rotatable bonds is 30. The molecule has 1 saturated carbocycles. The van der Waals surface area contributed by atoms with E-state index in [4.69, 9.17) is 24.2 Å². The molecule has 0 radical (unpaired) electrons. The van der Waals surface area contributed by atoms with E-state index in [2.05, 4.69) is 32.6 Å². The molecule has 1 fully saturated rings. The molecule has 6 unspecified atom stereocenters. The van der Waals surface area contributed by atoms with E-state index in [1.165, 1.54) is 44.6 Å². The minimum Gasteiger partial charge on any atom is -0.489 e. The summed E-state index contributed by atoms with van der Waals surface area (Å²) in [5.41, 5.74) is 4.20. The summed E-state index contributed by atoms with van der Waals surface area (Å²) in [4.78, 5) is 23.1. The minimum absolute atomic E-state index is 0.0618. The maximum Gasteiger partial charge on any atom is 0.239 e. The quantitative estimate of drug-likeness (QED) is 0.0389. The number of oxime groups is 1. The van der Waals surface area contributed by atoms with Crippen molar-refractivity contribution in [2.75, 3.05) is 26.4 Å². The number of allylic oxidation sites excluding steroid dienone is 1. The predicted octanol–water partition coefficient (Wildman–Crippen LogP) is 12.4. The van der Waals surface area contributed by atoms with Gasteiger partial charge in [-0.2, -0.15) is 0 Å². The van der Waals surface area contributed by atoms with Crippen LogP contribution in [0.5, 0.6) is 11.5 Å². The highest BCUT2D eigenvalue weighted by atomic mass is 19.1. The largest absolute Gasteiger partial charge is 0.489 e. The molecule has 2 aliphatic carbocycles. The Balaban J connectivity index is 1.46. The van der Waals surface area contributed by atoms with Gasteiger partial charge < -0.3 is 34.2 Å². The first-order valence-electron chi connectivity index (χ1n) is 25.3. The number of hydrogen-bond donors (Lipinski definition) is 2. The minimum atomic E-state index is -1.32. The molecular formula is C56H77FN2O7. The zero-order valence-electron chi connectivity index (χ0n) is 39.9. The molecule has 6 atom stereocenters. The van der Waals surface area contributed by atoms with Gasteiger partial charge in [-0.3, -0.25) is 4.79 Å². The summed E-state index contributed by atoms with van der Waals surface area (Å²) in [6, 6.07) is 22.0. The second-order valence-corrected chi connectivity index (χ2v) is 18.6. The van der Waals surface area contributed by atoms with Gasteiger partial charge in [-0.15, -0.1) is 6.58 Å². The highest BCUT2D eigenvalue weighted by Gasteiger charge is 2.65. The Bertz CT molecular complexity index is 2010. The molecule has 9 nitrogen and oxygen atoms in total. The van der Waals surface area contributed by atoms with Crippen LogP contribution in [0.2, 0.25) is 0 Å². The lowest BCUT2D eigenvalue weighted by molar-refractivity contribution is -0.257. The number of carbonyl (C=O) groups excluding carboxylic acids is 1. The fourth-order valence-electron chi connectivity index (χ4n) is 10.7. The first-order valence-corrected chi connectivity index (χ1v) is 25.3. The molecule has 0 spiro atoms. The van der Waals surface area contributed by atoms with Crippen molar-refractivity contribution in [2.45, 2.75) is 160 Å². The SMILES string of the molecule is C=CCOC12Oc3ccc(OCc4ccccc4F)cc3C3C(CCCCO)C(CCCCO)C=C(C(=NOCc4ccccc4)CC1N(CCC)C(=O)CCCCCCCCCCC)C32. The molecule has 3 aromatic rings. The van der Waals surface area contributed by atoms with Crippen molar-refractivity contribution in [1.29, 1.82) is 0 Å². The van der Waals surface area contributed by atoms with Gasteiger partial charge in [-0.25, -0.2) is 4.39 Å². The van der Waals surface area contributed by atoms with Gasteiger partial charge in [0, 0.05) is 49.6 Å². The molecular weight excluding hydrogens is 832 g/mol. The molecule has 0 bridgehead atoms. The Kier molecular flexibility index (Phi) is 20.6. The van der Waals surface area contributed by atoms with E-state index < -0.39 is 17.7 Å². The van der Waals surface area contributed by atoms with Crippen molar-refractivity contribution >= 4 is 11.6 Å². The van der Waals surface area contributed by atoms with E-state index in [9.17, 15) is 19.4 Å². The lowest BCUT2D eigenvalue weighted by atomic mass is 9.55. The van der Waals surface area contributed by atoms with Crippen LogP contribution in [0, 0.1) is 23.6 Å². The van der Waals surface area contributed by atoms with Gasteiger partial charge in [0.25, 0.3) is 0 Å². The Morgan fingerprint density at radius 3 is 2.29 bits per heavy atom. The van der Waals surface area contributed by atoms with Crippen LogP contribution in [0.25, 0.3) is 0 Å². The zero-order chi connectivity index (χ0) is 46.6. The Labute approximate surface area is 394 Å². The van der Waals surface area contributed by atoms with E-state index >= 15 is 0 Å². The molecule has 6 rings (SSSR count). The lowest BCUT2D eigenvalue weighted by Crippen LogP contribution is -2.70. The normalized spacial score (nSPS) is 22.5. The number of halogens is 1. The summed E-state index contributed by atoms with van der Waals surface area (Å²) in [5, 5.41) is 25.0. The average Bonchev–Trinajstić information content (AvgIpc) is 3.33. The second kappa shape index (κ2) is 26.7. The number of nitrogens with zero attached hydrogens (tertiary/aromatic N) is 2. The maximum atomic E-state index is 14.8. The van der Waals surface area contributed by atoms with Crippen molar-refractivity contribution in [3.05, 3.63) is 120 Å². The van der Waals surface area contributed by atoms with Crippen LogP contribution in [0.4, 0.5) is 4.39 Å². The van der Waals surface area contributed by atoms with Crippen LogP contribution in [0.3, 0.4) is 0 Å². The highest BCUT2D eigenvalue weighted by molar-refractivity contribution is 6.03. The summed E-state index contributed by atoms with van der Waals surface area (Å²) in [7, 11) is 0. The van der Waals surface area contributed by atoms with E-state index in [0.29, 0.717) is 49.3 Å². The van der Waals surface area contributed by atoms with Crippen molar-refractivity contribution in [3.63, 3.8) is 0 Å². The number of amides is 1. The summed E-state index contributed by atoms with van der Waals surface area (Å²) in [5.74, 6) is -0.741. The van der Waals surface area contributed by atoms with Crippen molar-refractivity contribution in [2.24, 2.45) is 22.9 Å². The van der Waals surface area contributed by atoms with Crippen LogP contribution in [-0.4, -0.2) is 64.9 Å². The fourth-order valence-corrected chi connectivity index (χ4v) is 10.7. The van der Waals surface area contributed by atoms with Crippen LogP contribution < -0.4 is 9.47 Å². The second-order valence-electron chi connectivity index (χ2n) is 18.6. The first-order chi connectivity index (χ1) is 32.4. The lowest BCUT2D eigenvalue weighted by Gasteiger charge is -2.60.